The molecule has 1 aromatic rings. The highest BCUT2D eigenvalue weighted by Crippen LogP contribution is 2.61. The maximum absolute atomic E-state index is 12.8. The quantitative estimate of drug-likeness (QED) is 0.683. The molecule has 2 N–H and O–H groups in total. The molecule has 8 nitrogen and oxygen atoms in total. The largest absolute Gasteiger partial charge is 0.326 e. The molecule has 2 heterocycles. The van der Waals surface area contributed by atoms with Gasteiger partial charge in [0.15, 0.2) is 5.82 Å². The Morgan fingerprint density at radius 3 is 2.48 bits per heavy atom. The molecule has 4 fully saturated rings. The molecule has 0 bridgehead atoms. The zero-order valence-electron chi connectivity index (χ0n) is 20.0. The summed E-state index contributed by atoms with van der Waals surface area (Å²) in [5.74, 6) is 3.68. The van der Waals surface area contributed by atoms with E-state index in [-0.39, 0.29) is 23.4 Å². The van der Waals surface area contributed by atoms with Gasteiger partial charge in [0.2, 0.25) is 5.91 Å². The van der Waals surface area contributed by atoms with Gasteiger partial charge in [-0.1, -0.05) is 43.7 Å². The minimum atomic E-state index is -0.260. The first-order valence-corrected chi connectivity index (χ1v) is 13.3. The number of aromatic amines is 1. The van der Waals surface area contributed by atoms with Crippen LogP contribution in [-0.2, 0) is 10.2 Å². The van der Waals surface area contributed by atoms with E-state index in [1.165, 1.54) is 57.8 Å². The van der Waals surface area contributed by atoms with E-state index in [1.807, 2.05) is 0 Å². The summed E-state index contributed by atoms with van der Waals surface area (Å²) in [6, 6.07) is 2.19. The molecule has 33 heavy (non-hydrogen) atoms. The number of nitrogens with one attached hydrogen (secondary N) is 2. The van der Waals surface area contributed by atoms with Gasteiger partial charge in [0, 0.05) is 18.0 Å². The highest BCUT2D eigenvalue weighted by atomic mass is 16.2. The Kier molecular flexibility index (Phi) is 6.69. The van der Waals surface area contributed by atoms with Gasteiger partial charge >= 0.3 is 0 Å². The molecule has 5 rings (SSSR count). The fraction of sp³-hybridized carbons (Fsp3) is 0.880. The summed E-state index contributed by atoms with van der Waals surface area (Å²) in [4.78, 5) is 14.6. The smallest absolute Gasteiger partial charge is 0.237 e. The molecule has 0 spiro atoms. The van der Waals surface area contributed by atoms with Crippen molar-refractivity contribution >= 4 is 5.91 Å². The second-order valence-electron chi connectivity index (χ2n) is 11.2. The second kappa shape index (κ2) is 9.69. The van der Waals surface area contributed by atoms with Crippen LogP contribution in [0.2, 0.25) is 0 Å². The molecule has 0 aromatic carbocycles. The van der Waals surface area contributed by atoms with Crippen LogP contribution in [0.4, 0.5) is 0 Å². The first kappa shape index (κ1) is 22.8. The second-order valence-corrected chi connectivity index (χ2v) is 11.2. The number of aromatic nitrogens is 4. The van der Waals surface area contributed by atoms with Gasteiger partial charge in [0.1, 0.15) is 6.04 Å². The fourth-order valence-electron chi connectivity index (χ4n) is 8.23. The number of nitriles is 1. The Morgan fingerprint density at radius 2 is 1.85 bits per heavy atom. The van der Waals surface area contributed by atoms with Gasteiger partial charge in [-0.25, -0.2) is 0 Å². The van der Waals surface area contributed by atoms with E-state index in [0.717, 1.165) is 36.9 Å². The monoisotopic (exact) mass is 453 g/mol. The summed E-state index contributed by atoms with van der Waals surface area (Å²) in [6.07, 6.45) is 14.5. The standard InChI is InChI=1S/C25H39N7O/c1-17(27-16-23(33)32-12-6-9-20(32)15-26)14-25(24-28-30-31-29-24)21-10-4-2-7-18(21)13-19-8-3-5-11-22(19)25/h17-22,27H,2-14,16H2,1H3,(H,28,29,30,31)/t17-,18?,19?,20-,21?,22?,25?/m0/s1. The first-order chi connectivity index (χ1) is 16.1. The molecular weight excluding hydrogens is 414 g/mol. The van der Waals surface area contributed by atoms with E-state index < -0.39 is 0 Å². The number of H-pyrrole nitrogens is 1. The van der Waals surface area contributed by atoms with Crippen molar-refractivity contribution in [2.75, 3.05) is 13.1 Å². The third kappa shape index (κ3) is 4.18. The molecule has 1 aliphatic heterocycles. The molecule has 3 saturated carbocycles. The zero-order valence-corrected chi connectivity index (χ0v) is 20.0. The highest BCUT2D eigenvalue weighted by molar-refractivity contribution is 5.79. The Balaban J connectivity index is 1.38. The minimum absolute atomic E-state index is 0.0502. The van der Waals surface area contributed by atoms with Crippen molar-refractivity contribution in [2.45, 2.75) is 101 Å². The molecule has 1 aromatic heterocycles. The van der Waals surface area contributed by atoms with Gasteiger partial charge in [-0.3, -0.25) is 4.79 Å². The molecule has 8 heteroatoms. The van der Waals surface area contributed by atoms with Crippen LogP contribution >= 0.6 is 0 Å². The number of hydrogen-bond acceptors (Lipinski definition) is 6. The predicted molar refractivity (Wildman–Crippen MR) is 124 cm³/mol. The lowest BCUT2D eigenvalue weighted by atomic mass is 9.46. The lowest BCUT2D eigenvalue weighted by Crippen LogP contribution is -2.57. The number of hydrogen-bond donors (Lipinski definition) is 2. The Hall–Kier alpha value is -2.01. The normalized spacial score (nSPS) is 37.1. The number of carbonyl (C=O) groups is 1. The molecule has 4 aliphatic rings. The third-order valence-corrected chi connectivity index (χ3v) is 9.48. The predicted octanol–water partition coefficient (Wildman–Crippen LogP) is 3.34. The van der Waals surface area contributed by atoms with E-state index in [1.54, 1.807) is 4.90 Å². The number of fused-ring (bicyclic) bond motifs is 2. The van der Waals surface area contributed by atoms with Gasteiger partial charge in [0.05, 0.1) is 12.6 Å². The van der Waals surface area contributed by atoms with Crippen LogP contribution in [0, 0.1) is 35.0 Å². The van der Waals surface area contributed by atoms with Gasteiger partial charge in [-0.05, 0) is 69.1 Å². The summed E-state index contributed by atoms with van der Waals surface area (Å²) in [5.41, 5.74) is -0.0697. The number of amides is 1. The lowest BCUT2D eigenvalue weighted by Gasteiger charge is -2.58. The van der Waals surface area contributed by atoms with E-state index in [9.17, 15) is 10.1 Å². The molecule has 6 atom stereocenters. The van der Waals surface area contributed by atoms with Gasteiger partial charge in [-0.15, -0.1) is 10.2 Å². The van der Waals surface area contributed by atoms with Crippen LogP contribution in [0.3, 0.4) is 0 Å². The topological polar surface area (TPSA) is 111 Å². The molecule has 0 radical (unpaired) electrons. The summed E-state index contributed by atoms with van der Waals surface area (Å²) in [5, 5.41) is 29.0. The van der Waals surface area contributed by atoms with Crippen molar-refractivity contribution in [3.63, 3.8) is 0 Å². The average Bonchev–Trinajstić information content (AvgIpc) is 3.55. The Labute approximate surface area is 197 Å². The van der Waals surface area contributed by atoms with Crippen LogP contribution < -0.4 is 5.32 Å². The molecule has 4 unspecified atom stereocenters. The van der Waals surface area contributed by atoms with Crippen molar-refractivity contribution < 1.29 is 4.79 Å². The highest BCUT2D eigenvalue weighted by Gasteiger charge is 2.58. The van der Waals surface area contributed by atoms with Crippen molar-refractivity contribution in [1.82, 2.24) is 30.8 Å². The van der Waals surface area contributed by atoms with Crippen molar-refractivity contribution in [3.8, 4) is 6.07 Å². The summed E-state index contributed by atoms with van der Waals surface area (Å²) in [7, 11) is 0. The summed E-state index contributed by atoms with van der Waals surface area (Å²) in [6.45, 7) is 3.21. The summed E-state index contributed by atoms with van der Waals surface area (Å²) >= 11 is 0. The molecular formula is C25H39N7O. The van der Waals surface area contributed by atoms with Gasteiger partial charge in [0.25, 0.3) is 0 Å². The van der Waals surface area contributed by atoms with E-state index in [4.69, 9.17) is 0 Å². The maximum atomic E-state index is 12.8. The Morgan fingerprint density at radius 1 is 1.15 bits per heavy atom. The molecule has 1 amide bonds. The van der Waals surface area contributed by atoms with Crippen LogP contribution in [0.5, 0.6) is 0 Å². The van der Waals surface area contributed by atoms with Crippen LogP contribution in [-0.4, -0.2) is 56.6 Å². The number of tetrazole rings is 1. The first-order valence-electron chi connectivity index (χ1n) is 13.3. The number of rotatable bonds is 6. The number of nitrogens with zero attached hydrogens (tertiary/aromatic N) is 5. The van der Waals surface area contributed by atoms with E-state index in [2.05, 4.69) is 38.9 Å². The molecule has 1 saturated heterocycles. The Bertz CT molecular complexity index is 827. The lowest BCUT2D eigenvalue weighted by molar-refractivity contribution is -0.130. The van der Waals surface area contributed by atoms with Gasteiger partial charge < -0.3 is 10.2 Å². The van der Waals surface area contributed by atoms with Crippen molar-refractivity contribution in [1.29, 1.82) is 5.26 Å². The van der Waals surface area contributed by atoms with E-state index in [0.29, 0.717) is 24.9 Å². The third-order valence-electron chi connectivity index (χ3n) is 9.48. The number of likely N-dealkylation sites (tertiary alicyclic amines) is 1. The summed E-state index contributed by atoms with van der Waals surface area (Å²) < 4.78 is 0. The minimum Gasteiger partial charge on any atom is -0.326 e. The molecule has 3 aliphatic carbocycles. The SMILES string of the molecule is C[C@@H](CC1(c2nn[nH]n2)C2CCCCC2CC2CCCCC21)NCC(=O)N1CCC[C@H]1C#N. The van der Waals surface area contributed by atoms with Crippen LogP contribution in [0.25, 0.3) is 0 Å². The van der Waals surface area contributed by atoms with E-state index >= 15 is 0 Å². The zero-order chi connectivity index (χ0) is 22.8. The molecule has 180 valence electrons. The van der Waals surface area contributed by atoms with Crippen LogP contribution in [0.1, 0.15) is 89.8 Å². The van der Waals surface area contributed by atoms with Crippen molar-refractivity contribution in [2.24, 2.45) is 23.7 Å². The average molecular weight is 454 g/mol. The maximum Gasteiger partial charge on any atom is 0.237 e. The fourth-order valence-corrected chi connectivity index (χ4v) is 8.23. The number of carbonyl (C=O) groups excluding carboxylic acids is 1. The van der Waals surface area contributed by atoms with Crippen LogP contribution in [0.15, 0.2) is 0 Å². The van der Waals surface area contributed by atoms with Gasteiger partial charge in [-0.2, -0.15) is 10.5 Å². The van der Waals surface area contributed by atoms with Crippen molar-refractivity contribution in [3.05, 3.63) is 5.82 Å².